The summed E-state index contributed by atoms with van der Waals surface area (Å²) in [6.07, 6.45) is 0.709. The Labute approximate surface area is 168 Å². The van der Waals surface area contributed by atoms with E-state index in [1.54, 1.807) is 0 Å². The van der Waals surface area contributed by atoms with Crippen LogP contribution in [0.5, 0.6) is 5.75 Å². The summed E-state index contributed by atoms with van der Waals surface area (Å²) in [6, 6.07) is 5.40. The maximum atomic E-state index is 13.6. The van der Waals surface area contributed by atoms with Gasteiger partial charge >= 0.3 is 5.97 Å². The van der Waals surface area contributed by atoms with Crippen molar-refractivity contribution in [3.63, 3.8) is 0 Å². The number of aromatic carboxylic acids is 1. The maximum absolute atomic E-state index is 13.6. The molecule has 0 fully saturated rings. The third kappa shape index (κ3) is 3.13. The number of anilines is 2. The first-order chi connectivity index (χ1) is 13.9. The number of phenolic OH excluding ortho intramolecular Hbond substituents is 1. The Hall–Kier alpha value is -3.66. The fourth-order valence-electron chi connectivity index (χ4n) is 3.44. The normalized spacial score (nSPS) is 16.2. The number of hydrogen-bond acceptors (Lipinski definition) is 7. The molecule has 0 aliphatic carbocycles. The molecule has 4 rings (SSSR count). The van der Waals surface area contributed by atoms with Gasteiger partial charge in [-0.3, -0.25) is 4.79 Å². The van der Waals surface area contributed by atoms with E-state index in [-0.39, 0.29) is 22.6 Å². The predicted molar refractivity (Wildman–Crippen MR) is 104 cm³/mol. The molecular weight excluding hydrogens is 399 g/mol. The van der Waals surface area contributed by atoms with Crippen molar-refractivity contribution in [3.8, 4) is 5.75 Å². The molecule has 29 heavy (non-hydrogen) atoms. The monoisotopic (exact) mass is 414 g/mol. The molecule has 0 radical (unpaired) electrons. The third-order valence-electron chi connectivity index (χ3n) is 4.66. The number of benzene rings is 1. The summed E-state index contributed by atoms with van der Waals surface area (Å²) < 4.78 is 13.6. The summed E-state index contributed by atoms with van der Waals surface area (Å²) in [7, 11) is 0. The van der Waals surface area contributed by atoms with Crippen LogP contribution in [0.2, 0.25) is 0 Å². The van der Waals surface area contributed by atoms with Crippen molar-refractivity contribution >= 4 is 34.7 Å². The Morgan fingerprint density at radius 3 is 2.72 bits per heavy atom. The number of carboxylic acids is 1. The van der Waals surface area contributed by atoms with Gasteiger partial charge < -0.3 is 26.2 Å². The van der Waals surface area contributed by atoms with Gasteiger partial charge in [-0.1, -0.05) is 6.07 Å². The molecule has 1 aliphatic heterocycles. The molecule has 0 saturated carbocycles. The number of thiophene rings is 1. The number of primary amides is 1. The smallest absolute Gasteiger partial charge is 0.338 e. The molecule has 1 aliphatic rings. The van der Waals surface area contributed by atoms with E-state index < -0.39 is 35.7 Å². The number of rotatable bonds is 5. The van der Waals surface area contributed by atoms with Gasteiger partial charge in [0.1, 0.15) is 12.2 Å². The average molecular weight is 414 g/mol. The molecule has 8 nitrogen and oxygen atoms in total. The Balaban J connectivity index is 1.94. The molecule has 10 heteroatoms. The number of phenols is 1. The number of nitrogens with one attached hydrogen (secondary N) is 1. The number of pyridine rings is 1. The molecule has 0 spiro atoms. The Morgan fingerprint density at radius 2 is 2.10 bits per heavy atom. The highest BCUT2D eigenvalue weighted by molar-refractivity contribution is 7.08. The first kappa shape index (κ1) is 18.7. The Kier molecular flexibility index (Phi) is 4.55. The van der Waals surface area contributed by atoms with Crippen molar-refractivity contribution in [3.05, 3.63) is 69.8 Å². The van der Waals surface area contributed by atoms with E-state index in [1.807, 2.05) is 16.8 Å². The molecule has 3 aromatic rings. The van der Waals surface area contributed by atoms with Gasteiger partial charge in [0, 0.05) is 11.8 Å². The lowest BCUT2D eigenvalue weighted by Gasteiger charge is -2.33. The topological polar surface area (TPSA) is 129 Å². The van der Waals surface area contributed by atoms with E-state index >= 15 is 0 Å². The van der Waals surface area contributed by atoms with E-state index in [0.29, 0.717) is 0 Å². The summed E-state index contributed by atoms with van der Waals surface area (Å²) in [6.45, 7) is 0. The number of halogens is 1. The van der Waals surface area contributed by atoms with E-state index in [9.17, 15) is 24.2 Å². The zero-order valence-corrected chi connectivity index (χ0v) is 15.6. The first-order valence-corrected chi connectivity index (χ1v) is 9.39. The second-order valence-corrected chi connectivity index (χ2v) is 7.17. The molecule has 148 valence electrons. The van der Waals surface area contributed by atoms with Crippen LogP contribution in [-0.2, 0) is 4.79 Å². The van der Waals surface area contributed by atoms with Crippen LogP contribution in [-0.4, -0.2) is 27.1 Å². The minimum absolute atomic E-state index is 0.0715. The summed E-state index contributed by atoms with van der Waals surface area (Å²) in [5.41, 5.74) is 6.78. The lowest BCUT2D eigenvalue weighted by molar-refractivity contribution is -0.119. The quantitative estimate of drug-likeness (QED) is 0.505. The lowest BCUT2D eigenvalue weighted by Crippen LogP contribution is -2.40. The SMILES string of the molecule is NC(=O)C(c1ccc(F)c(O)c1)N1c2c(C(=O)O)ccnc2NC1c1ccsc1. The first-order valence-electron chi connectivity index (χ1n) is 8.45. The summed E-state index contributed by atoms with van der Waals surface area (Å²) >= 11 is 1.43. The molecule has 1 aromatic carbocycles. The van der Waals surface area contributed by atoms with Crippen molar-refractivity contribution in [1.82, 2.24) is 4.98 Å². The van der Waals surface area contributed by atoms with Gasteiger partial charge in [0.2, 0.25) is 5.91 Å². The summed E-state index contributed by atoms with van der Waals surface area (Å²) in [4.78, 5) is 30.1. The van der Waals surface area contributed by atoms with Crippen molar-refractivity contribution in [2.75, 3.05) is 10.2 Å². The van der Waals surface area contributed by atoms with Crippen LogP contribution in [0, 0.1) is 5.82 Å². The van der Waals surface area contributed by atoms with Gasteiger partial charge in [0.05, 0.1) is 11.3 Å². The minimum atomic E-state index is -1.20. The van der Waals surface area contributed by atoms with Crippen LogP contribution >= 0.6 is 11.3 Å². The Bertz CT molecular complexity index is 1110. The Morgan fingerprint density at radius 1 is 1.31 bits per heavy atom. The highest BCUT2D eigenvalue weighted by atomic mass is 32.1. The lowest BCUT2D eigenvalue weighted by atomic mass is 10.0. The van der Waals surface area contributed by atoms with Gasteiger partial charge in [0.25, 0.3) is 0 Å². The minimum Gasteiger partial charge on any atom is -0.505 e. The number of nitrogens with two attached hydrogens (primary N) is 1. The molecule has 5 N–H and O–H groups in total. The third-order valence-corrected chi connectivity index (χ3v) is 5.36. The average Bonchev–Trinajstić information content (AvgIpc) is 3.32. The van der Waals surface area contributed by atoms with Gasteiger partial charge in [-0.05, 0) is 40.6 Å². The van der Waals surface area contributed by atoms with Crippen LogP contribution in [0.4, 0.5) is 15.9 Å². The number of aromatic hydroxyl groups is 1. The number of amides is 1. The number of carboxylic acid groups (broad SMARTS) is 1. The summed E-state index contributed by atoms with van der Waals surface area (Å²) in [5.74, 6) is -3.21. The zero-order valence-electron chi connectivity index (χ0n) is 14.7. The van der Waals surface area contributed by atoms with Crippen molar-refractivity contribution in [1.29, 1.82) is 0 Å². The number of nitrogens with zero attached hydrogens (tertiary/aromatic N) is 2. The molecule has 3 heterocycles. The highest BCUT2D eigenvalue weighted by Crippen LogP contribution is 2.47. The molecule has 0 saturated heterocycles. The van der Waals surface area contributed by atoms with Crippen LogP contribution in [0.25, 0.3) is 0 Å². The van der Waals surface area contributed by atoms with E-state index in [2.05, 4.69) is 10.3 Å². The van der Waals surface area contributed by atoms with Crippen LogP contribution < -0.4 is 16.0 Å². The van der Waals surface area contributed by atoms with Crippen molar-refractivity contribution in [2.24, 2.45) is 5.73 Å². The van der Waals surface area contributed by atoms with Crippen LogP contribution in [0.1, 0.15) is 33.7 Å². The van der Waals surface area contributed by atoms with Crippen LogP contribution in [0.15, 0.2) is 47.3 Å². The number of carbonyl (C=O) groups excluding carboxylic acids is 1. The molecule has 1 amide bonds. The second-order valence-electron chi connectivity index (χ2n) is 6.39. The molecular formula is C19H15FN4O4S. The van der Waals surface area contributed by atoms with E-state index in [4.69, 9.17) is 5.73 Å². The van der Waals surface area contributed by atoms with E-state index in [1.165, 1.54) is 34.6 Å². The highest BCUT2D eigenvalue weighted by Gasteiger charge is 2.42. The van der Waals surface area contributed by atoms with Crippen molar-refractivity contribution in [2.45, 2.75) is 12.2 Å². The fraction of sp³-hybridized carbons (Fsp3) is 0.105. The van der Waals surface area contributed by atoms with Gasteiger partial charge in [-0.15, -0.1) is 0 Å². The molecule has 2 atom stereocenters. The maximum Gasteiger partial charge on any atom is 0.338 e. The summed E-state index contributed by atoms with van der Waals surface area (Å²) in [5, 5.41) is 26.3. The largest absolute Gasteiger partial charge is 0.505 e. The molecule has 2 unspecified atom stereocenters. The number of fused-ring (bicyclic) bond motifs is 1. The number of aromatic nitrogens is 1. The van der Waals surface area contributed by atoms with Crippen molar-refractivity contribution < 1.29 is 24.2 Å². The van der Waals surface area contributed by atoms with Crippen LogP contribution in [0.3, 0.4) is 0 Å². The second kappa shape index (κ2) is 7.06. The van der Waals surface area contributed by atoms with Gasteiger partial charge in [0.15, 0.2) is 17.4 Å². The molecule has 0 bridgehead atoms. The number of hydrogen-bond donors (Lipinski definition) is 4. The van der Waals surface area contributed by atoms with Gasteiger partial charge in [-0.2, -0.15) is 11.3 Å². The van der Waals surface area contributed by atoms with E-state index in [0.717, 1.165) is 17.7 Å². The van der Waals surface area contributed by atoms with Gasteiger partial charge in [-0.25, -0.2) is 14.2 Å². The predicted octanol–water partition coefficient (Wildman–Crippen LogP) is 2.84. The number of carbonyl (C=O) groups is 2. The fourth-order valence-corrected chi connectivity index (χ4v) is 4.11. The molecule has 2 aromatic heterocycles. The zero-order chi connectivity index (χ0) is 20.7. The standard InChI is InChI=1S/C19H15FN4O4S/c20-12-2-1-9(7-13(12)25)14(16(21)26)24-15-11(19(27)28)3-5-22-17(15)23-18(24)10-4-6-29-8-10/h1-8,14,18,25H,(H2,21,26)(H,22,23)(H,27,28).